The second-order valence-electron chi connectivity index (χ2n) is 17.4. The largest absolute Gasteiger partial charge is 0.463 e. The van der Waals surface area contributed by atoms with E-state index in [1.807, 2.05) is 36.9 Å². The molecule has 4 aromatic rings. The number of sulfonamides is 2. The summed E-state index contributed by atoms with van der Waals surface area (Å²) in [4.78, 5) is 27.0. The van der Waals surface area contributed by atoms with Crippen molar-refractivity contribution in [2.75, 3.05) is 48.6 Å². The minimum atomic E-state index is -3.79. The molecule has 0 aromatic heterocycles. The van der Waals surface area contributed by atoms with E-state index in [9.17, 15) is 26.4 Å². The maximum Gasteiger partial charge on any atom is 0.332 e. The number of anilines is 3. The number of carbonyl (C=O) groups is 2. The third-order valence-electron chi connectivity index (χ3n) is 12.0. The number of nitrogen functional groups attached to an aromatic ring is 1. The molecule has 17 heteroatoms. The molecule has 390 valence electrons. The molecule has 2 aliphatic heterocycles. The number of likely N-dealkylation sites (N-methyl/N-ethyl adjacent to an activating group) is 1. The lowest BCUT2D eigenvalue weighted by Crippen LogP contribution is -2.35. The normalized spacial score (nSPS) is 16.1. The zero-order valence-electron chi connectivity index (χ0n) is 42.1. The van der Waals surface area contributed by atoms with Crippen molar-refractivity contribution >= 4 is 84.1 Å². The molecular formula is C54H76ClN5O7S4. The molecule has 0 aliphatic carbocycles. The molecule has 0 spiro atoms. The Bertz CT molecular complexity index is 2700. The standard InChI is InChI=1S/C25H32ClN3O3S2.C15H25NS.C13H15NO4S.CH4/c1-5-7-8-18(6-2)16-33-22-11-9-17(3)13-20(22)28-25(30)15-24-27-21-14-19(26)10-12-23(21)34(31,32)29(24)4;1-4-6-7-13(5-2)11-17-15-9-8-12(3)10-14(15)16;1-3-18-13(15)9-11-8-10-6-4-5-7-12(10)19(16,17)14(11)2;/h9-15,18,27H,5-8,16H2,1-4H3,(H,28,30);8-10,13H,4-7,11,16H2,1-3H3;4-7,9H,3,8H2,1-2H3;1H4/b24-15-;;11-9-;. The van der Waals surface area contributed by atoms with Crippen molar-refractivity contribution in [3.8, 4) is 0 Å². The molecule has 2 heterocycles. The van der Waals surface area contributed by atoms with Gasteiger partial charge in [0.15, 0.2) is 0 Å². The highest BCUT2D eigenvalue weighted by Gasteiger charge is 2.33. The monoisotopic (exact) mass is 1070 g/mol. The number of thioether (sulfide) groups is 2. The average molecular weight is 1070 g/mol. The molecule has 6 rings (SSSR count). The Hall–Kier alpha value is -4.61. The van der Waals surface area contributed by atoms with Gasteiger partial charge in [0.2, 0.25) is 0 Å². The summed E-state index contributed by atoms with van der Waals surface area (Å²) in [7, 11) is -4.51. The van der Waals surface area contributed by atoms with Crippen LogP contribution in [0.1, 0.15) is 110 Å². The van der Waals surface area contributed by atoms with Crippen LogP contribution in [0.3, 0.4) is 0 Å². The number of ether oxygens (including phenoxy) is 1. The molecular weight excluding hydrogens is 994 g/mol. The van der Waals surface area contributed by atoms with Crippen LogP contribution < -0.4 is 16.4 Å². The Balaban J connectivity index is 0.000000305. The van der Waals surface area contributed by atoms with Crippen molar-refractivity contribution in [2.24, 2.45) is 11.8 Å². The van der Waals surface area contributed by atoms with Gasteiger partial charge in [-0.2, -0.15) is 0 Å². The van der Waals surface area contributed by atoms with Crippen LogP contribution in [-0.2, 0) is 40.8 Å². The first kappa shape index (κ1) is 60.7. The number of fused-ring (bicyclic) bond motifs is 2. The predicted octanol–water partition coefficient (Wildman–Crippen LogP) is 13.3. The van der Waals surface area contributed by atoms with E-state index < -0.39 is 31.9 Å². The molecule has 2 unspecified atom stereocenters. The smallest absolute Gasteiger partial charge is 0.332 e. The van der Waals surface area contributed by atoms with Crippen LogP contribution in [-0.4, -0.2) is 69.5 Å². The van der Waals surface area contributed by atoms with E-state index in [4.69, 9.17) is 22.1 Å². The van der Waals surface area contributed by atoms with Gasteiger partial charge in [-0.1, -0.05) is 116 Å². The molecule has 4 aromatic carbocycles. The molecule has 4 N–H and O–H groups in total. The molecule has 0 radical (unpaired) electrons. The molecule has 2 aliphatic rings. The lowest BCUT2D eigenvalue weighted by molar-refractivity contribution is -0.137. The van der Waals surface area contributed by atoms with Crippen LogP contribution in [0.15, 0.2) is 122 Å². The molecule has 12 nitrogen and oxygen atoms in total. The third-order valence-corrected chi connectivity index (χ3v) is 18.6. The number of hydrogen-bond donors (Lipinski definition) is 3. The van der Waals surface area contributed by atoms with E-state index >= 15 is 0 Å². The minimum Gasteiger partial charge on any atom is -0.463 e. The summed E-state index contributed by atoms with van der Waals surface area (Å²) in [6, 6.07) is 23.7. The molecule has 0 bridgehead atoms. The Morgan fingerprint density at radius 1 is 0.775 bits per heavy atom. The zero-order valence-corrected chi connectivity index (χ0v) is 46.2. The number of amides is 1. The van der Waals surface area contributed by atoms with Gasteiger partial charge in [0.05, 0.1) is 22.9 Å². The number of nitrogens with one attached hydrogen (secondary N) is 2. The second kappa shape index (κ2) is 29.2. The molecule has 0 saturated carbocycles. The van der Waals surface area contributed by atoms with Gasteiger partial charge in [-0.25, -0.2) is 21.6 Å². The Morgan fingerprint density at radius 3 is 1.94 bits per heavy atom. The summed E-state index contributed by atoms with van der Waals surface area (Å²) in [5.74, 6) is 2.86. The SMILES string of the molecule is C.CCCCC(CC)CSc1ccc(C)cc1N.CCCCC(CC)CSc1ccc(C)cc1NC(=O)/C=C1/Nc2cc(Cl)ccc2S(=O)(=O)N1C.CCOC(=O)/C=C1/Cc2ccccc2S(=O)(=O)N1C. The fourth-order valence-corrected chi connectivity index (χ4v) is 12.9. The van der Waals surface area contributed by atoms with Gasteiger partial charge >= 0.3 is 5.97 Å². The summed E-state index contributed by atoms with van der Waals surface area (Å²) in [6.07, 6.45) is 12.9. The number of nitrogens with two attached hydrogens (primary N) is 1. The van der Waals surface area contributed by atoms with Gasteiger partial charge in [0.1, 0.15) is 10.7 Å². The van der Waals surface area contributed by atoms with E-state index in [0.717, 1.165) is 48.5 Å². The maximum atomic E-state index is 12.9. The Labute approximate surface area is 439 Å². The summed E-state index contributed by atoms with van der Waals surface area (Å²) in [5.41, 5.74) is 11.4. The van der Waals surface area contributed by atoms with Gasteiger partial charge in [0.25, 0.3) is 26.0 Å². The quantitative estimate of drug-likeness (QED) is 0.0375. The first-order valence-electron chi connectivity index (χ1n) is 24.0. The topological polar surface area (TPSA) is 168 Å². The fraction of sp³-hybridized carbons (Fsp3) is 0.444. The van der Waals surface area contributed by atoms with E-state index in [1.165, 1.54) is 106 Å². The second-order valence-corrected chi connectivity index (χ2v) is 23.8. The maximum absolute atomic E-state index is 12.9. The van der Waals surface area contributed by atoms with Crippen molar-refractivity contribution in [1.82, 2.24) is 8.61 Å². The number of allylic oxidation sites excluding steroid dienone is 1. The molecule has 2 atom stereocenters. The molecule has 1 amide bonds. The number of aryl methyl sites for hydroxylation is 2. The lowest BCUT2D eigenvalue weighted by Gasteiger charge is -2.30. The molecule has 71 heavy (non-hydrogen) atoms. The summed E-state index contributed by atoms with van der Waals surface area (Å²) in [6.45, 7) is 15.0. The summed E-state index contributed by atoms with van der Waals surface area (Å²) in [5, 5.41) is 6.36. The van der Waals surface area contributed by atoms with Gasteiger partial charge in [-0.3, -0.25) is 13.4 Å². The van der Waals surface area contributed by atoms with Crippen LogP contribution in [0.4, 0.5) is 17.1 Å². The summed E-state index contributed by atoms with van der Waals surface area (Å²) < 4.78 is 57.3. The van der Waals surface area contributed by atoms with Crippen LogP contribution in [0.25, 0.3) is 0 Å². The van der Waals surface area contributed by atoms with Gasteiger partial charge in [-0.15, -0.1) is 23.5 Å². The summed E-state index contributed by atoms with van der Waals surface area (Å²) >= 11 is 9.70. The van der Waals surface area contributed by atoms with Gasteiger partial charge < -0.3 is 21.1 Å². The highest BCUT2D eigenvalue weighted by atomic mass is 35.5. The minimum absolute atomic E-state index is 0. The lowest BCUT2D eigenvalue weighted by atomic mass is 10.0. The first-order chi connectivity index (χ1) is 33.3. The van der Waals surface area contributed by atoms with Crippen molar-refractivity contribution in [1.29, 1.82) is 0 Å². The Kier molecular flexibility index (Phi) is 24.9. The average Bonchev–Trinajstić information content (AvgIpc) is 3.31. The number of unbranched alkanes of at least 4 members (excludes halogenated alkanes) is 2. The Morgan fingerprint density at radius 2 is 1.35 bits per heavy atom. The van der Waals surface area contributed by atoms with E-state index in [2.05, 4.69) is 63.5 Å². The van der Waals surface area contributed by atoms with Crippen molar-refractivity contribution in [3.63, 3.8) is 0 Å². The molecule has 0 fully saturated rings. The van der Waals surface area contributed by atoms with Crippen molar-refractivity contribution in [3.05, 3.63) is 124 Å². The number of benzene rings is 4. The van der Waals surface area contributed by atoms with E-state index in [-0.39, 0.29) is 24.7 Å². The van der Waals surface area contributed by atoms with E-state index in [1.54, 1.807) is 43.0 Å². The predicted molar refractivity (Wildman–Crippen MR) is 298 cm³/mol. The number of hydrogen-bond acceptors (Lipinski definition) is 11. The third kappa shape index (κ3) is 17.5. The number of carbonyl (C=O) groups excluding carboxylic acids is 2. The highest BCUT2D eigenvalue weighted by Crippen LogP contribution is 2.36. The van der Waals surface area contributed by atoms with Gasteiger partial charge in [0, 0.05) is 70.4 Å². The number of esters is 1. The van der Waals surface area contributed by atoms with Crippen LogP contribution in [0.5, 0.6) is 0 Å². The fourth-order valence-electron chi connectivity index (χ4n) is 7.59. The van der Waals surface area contributed by atoms with Crippen LogP contribution >= 0.6 is 35.1 Å². The van der Waals surface area contributed by atoms with Crippen molar-refractivity contribution < 1.29 is 31.2 Å². The zero-order chi connectivity index (χ0) is 51.6. The number of nitrogens with zero attached hydrogens (tertiary/aromatic N) is 2. The molecule has 0 saturated heterocycles. The first-order valence-corrected chi connectivity index (χ1v) is 29.3. The van der Waals surface area contributed by atoms with Crippen LogP contribution in [0.2, 0.25) is 5.02 Å². The number of rotatable bonds is 18. The van der Waals surface area contributed by atoms with E-state index in [0.29, 0.717) is 39.2 Å². The van der Waals surface area contributed by atoms with Gasteiger partial charge in [-0.05, 0) is 111 Å². The van der Waals surface area contributed by atoms with Crippen molar-refractivity contribution in [2.45, 2.75) is 133 Å². The number of halogens is 1. The van der Waals surface area contributed by atoms with Crippen LogP contribution in [0, 0.1) is 25.7 Å². The highest BCUT2D eigenvalue weighted by molar-refractivity contribution is 7.99.